The highest BCUT2D eigenvalue weighted by molar-refractivity contribution is 5.97. The number of hydroxylamine groups is 1. The third-order valence-electron chi connectivity index (χ3n) is 5.62. The molecular formula is C25H30N4O4. The van der Waals surface area contributed by atoms with Crippen molar-refractivity contribution in [2.45, 2.75) is 25.6 Å². The van der Waals surface area contributed by atoms with E-state index in [-0.39, 0.29) is 0 Å². The van der Waals surface area contributed by atoms with Gasteiger partial charge in [-0.2, -0.15) is 0 Å². The van der Waals surface area contributed by atoms with E-state index in [1.807, 2.05) is 12.1 Å². The Hall–Kier alpha value is -3.22. The molecule has 1 unspecified atom stereocenters. The van der Waals surface area contributed by atoms with E-state index in [1.54, 1.807) is 24.3 Å². The summed E-state index contributed by atoms with van der Waals surface area (Å²) in [7, 11) is 2.15. The van der Waals surface area contributed by atoms with Gasteiger partial charge in [0.05, 0.1) is 6.10 Å². The summed E-state index contributed by atoms with van der Waals surface area (Å²) in [5, 5.41) is 20.8. The van der Waals surface area contributed by atoms with Gasteiger partial charge in [0.15, 0.2) is 0 Å². The van der Waals surface area contributed by atoms with E-state index in [1.165, 1.54) is 18.0 Å². The Kier molecular flexibility index (Phi) is 8.58. The van der Waals surface area contributed by atoms with Gasteiger partial charge in [-0.15, -0.1) is 0 Å². The Morgan fingerprint density at radius 1 is 0.970 bits per heavy atom. The second-order valence-electron chi connectivity index (χ2n) is 8.27. The molecule has 3 rings (SSSR count). The highest BCUT2D eigenvalue weighted by Gasteiger charge is 2.25. The fourth-order valence-electron chi connectivity index (χ4n) is 3.51. The highest BCUT2D eigenvalue weighted by atomic mass is 16.5. The molecule has 0 aromatic heterocycles. The van der Waals surface area contributed by atoms with Gasteiger partial charge in [-0.25, -0.2) is 5.48 Å². The van der Waals surface area contributed by atoms with E-state index in [0.29, 0.717) is 5.56 Å². The van der Waals surface area contributed by atoms with Crippen LogP contribution in [0.4, 0.5) is 0 Å². The second-order valence-corrected chi connectivity index (χ2v) is 8.27. The number of hydrogen-bond donors (Lipinski definition) is 4. The fraction of sp³-hybridized carbons (Fsp3) is 0.360. The lowest BCUT2D eigenvalue weighted by atomic mass is 10.1. The van der Waals surface area contributed by atoms with Crippen molar-refractivity contribution >= 4 is 11.8 Å². The van der Waals surface area contributed by atoms with Crippen molar-refractivity contribution in [3.63, 3.8) is 0 Å². The standard InChI is InChI=1S/C25H30N4O4/c1-18(30)23(25(32)27-33)26-24(31)22-11-9-20(10-12-22)4-3-19-5-7-21(8-6-19)17-29-15-13-28(2)14-16-29/h5-12,18,23,30,33H,13-17H2,1-2H3,(H,26,31)(H,27,32)/t18?,23-/m0/s1. The van der Waals surface area contributed by atoms with Crippen molar-refractivity contribution in [1.82, 2.24) is 20.6 Å². The zero-order valence-corrected chi connectivity index (χ0v) is 18.9. The third-order valence-corrected chi connectivity index (χ3v) is 5.62. The van der Waals surface area contributed by atoms with Crippen molar-refractivity contribution in [2.24, 2.45) is 0 Å². The van der Waals surface area contributed by atoms with Gasteiger partial charge in [0.1, 0.15) is 6.04 Å². The van der Waals surface area contributed by atoms with Crippen LogP contribution in [-0.2, 0) is 11.3 Å². The van der Waals surface area contributed by atoms with Gasteiger partial charge in [0.25, 0.3) is 11.8 Å². The molecule has 33 heavy (non-hydrogen) atoms. The van der Waals surface area contributed by atoms with E-state index in [2.05, 4.69) is 46.1 Å². The number of nitrogens with one attached hydrogen (secondary N) is 2. The average Bonchev–Trinajstić information content (AvgIpc) is 2.83. The van der Waals surface area contributed by atoms with Crippen molar-refractivity contribution in [3.05, 3.63) is 70.8 Å². The number of nitrogens with zero attached hydrogens (tertiary/aromatic N) is 2. The maximum Gasteiger partial charge on any atom is 0.268 e. The van der Waals surface area contributed by atoms with Crippen LogP contribution >= 0.6 is 0 Å². The lowest BCUT2D eigenvalue weighted by molar-refractivity contribution is -0.133. The quantitative estimate of drug-likeness (QED) is 0.295. The molecule has 174 valence electrons. The first-order valence-corrected chi connectivity index (χ1v) is 10.9. The average molecular weight is 451 g/mol. The topological polar surface area (TPSA) is 105 Å². The van der Waals surface area contributed by atoms with E-state index >= 15 is 0 Å². The second kappa shape index (κ2) is 11.6. The number of amides is 2. The summed E-state index contributed by atoms with van der Waals surface area (Å²) in [6, 6.07) is 13.6. The van der Waals surface area contributed by atoms with Crippen LogP contribution < -0.4 is 10.8 Å². The van der Waals surface area contributed by atoms with E-state index in [0.717, 1.165) is 43.9 Å². The molecule has 0 radical (unpaired) electrons. The summed E-state index contributed by atoms with van der Waals surface area (Å²) in [5.41, 5.74) is 4.67. The van der Waals surface area contributed by atoms with Gasteiger partial charge in [0.2, 0.25) is 0 Å². The van der Waals surface area contributed by atoms with Crippen LogP contribution in [0.2, 0.25) is 0 Å². The number of aliphatic hydroxyl groups is 1. The lowest BCUT2D eigenvalue weighted by Crippen LogP contribution is -2.51. The lowest BCUT2D eigenvalue weighted by Gasteiger charge is -2.32. The molecule has 1 saturated heterocycles. The van der Waals surface area contributed by atoms with Gasteiger partial charge >= 0.3 is 0 Å². The Morgan fingerprint density at radius 2 is 1.52 bits per heavy atom. The molecule has 1 aliphatic rings. The number of hydrogen-bond acceptors (Lipinski definition) is 6. The summed E-state index contributed by atoms with van der Waals surface area (Å²) >= 11 is 0. The van der Waals surface area contributed by atoms with Crippen LogP contribution in [-0.4, -0.2) is 77.3 Å². The Bertz CT molecular complexity index is 1000. The predicted molar refractivity (Wildman–Crippen MR) is 125 cm³/mol. The van der Waals surface area contributed by atoms with Gasteiger partial charge in [0, 0.05) is 49.4 Å². The molecule has 0 saturated carbocycles. The number of carbonyl (C=O) groups excluding carboxylic acids is 2. The van der Waals surface area contributed by atoms with E-state index in [9.17, 15) is 14.7 Å². The molecule has 8 nitrogen and oxygen atoms in total. The predicted octanol–water partition coefficient (Wildman–Crippen LogP) is 0.818. The smallest absolute Gasteiger partial charge is 0.268 e. The largest absolute Gasteiger partial charge is 0.391 e. The minimum Gasteiger partial charge on any atom is -0.391 e. The van der Waals surface area contributed by atoms with E-state index in [4.69, 9.17) is 5.21 Å². The van der Waals surface area contributed by atoms with Crippen LogP contribution in [0, 0.1) is 11.8 Å². The van der Waals surface area contributed by atoms with Crippen LogP contribution in [0.3, 0.4) is 0 Å². The molecule has 2 aromatic rings. The first-order valence-electron chi connectivity index (χ1n) is 10.9. The summed E-state index contributed by atoms with van der Waals surface area (Å²) in [6.45, 7) is 6.66. The first kappa shape index (κ1) is 24.4. The van der Waals surface area contributed by atoms with Crippen molar-refractivity contribution in [3.8, 4) is 11.8 Å². The number of carbonyl (C=O) groups is 2. The van der Waals surface area contributed by atoms with Crippen LogP contribution in [0.5, 0.6) is 0 Å². The minimum atomic E-state index is -1.26. The zero-order valence-electron chi connectivity index (χ0n) is 18.9. The molecule has 0 spiro atoms. The minimum absolute atomic E-state index is 0.310. The first-order chi connectivity index (χ1) is 15.9. The number of rotatable bonds is 6. The summed E-state index contributed by atoms with van der Waals surface area (Å²) < 4.78 is 0. The monoisotopic (exact) mass is 450 g/mol. The summed E-state index contributed by atoms with van der Waals surface area (Å²) in [4.78, 5) is 28.7. The molecule has 1 heterocycles. The van der Waals surface area contributed by atoms with Crippen LogP contribution in [0.25, 0.3) is 0 Å². The van der Waals surface area contributed by atoms with Crippen molar-refractivity contribution in [2.75, 3.05) is 33.2 Å². The Balaban J connectivity index is 1.57. The van der Waals surface area contributed by atoms with Crippen LogP contribution in [0.15, 0.2) is 48.5 Å². The molecule has 1 aliphatic heterocycles. The normalized spacial score (nSPS) is 16.2. The molecule has 1 fully saturated rings. The number of piperazine rings is 1. The van der Waals surface area contributed by atoms with Crippen molar-refractivity contribution in [1.29, 1.82) is 0 Å². The molecule has 2 aromatic carbocycles. The SMILES string of the molecule is CC(O)[C@H](NC(=O)c1ccc(C#Cc2ccc(CN3CCN(C)CC3)cc2)cc1)C(=O)NO. The van der Waals surface area contributed by atoms with Crippen LogP contribution in [0.1, 0.15) is 34.0 Å². The number of benzene rings is 2. The summed E-state index contributed by atoms with van der Waals surface area (Å²) in [6.07, 6.45) is -1.17. The number of likely N-dealkylation sites (N-methyl/N-ethyl adjacent to an activating group) is 1. The number of aliphatic hydroxyl groups excluding tert-OH is 1. The molecule has 4 N–H and O–H groups in total. The van der Waals surface area contributed by atoms with Gasteiger partial charge in [-0.05, 0) is 55.9 Å². The molecule has 2 atom stereocenters. The molecule has 8 heteroatoms. The van der Waals surface area contributed by atoms with Crippen molar-refractivity contribution < 1.29 is 19.9 Å². The molecule has 0 aliphatic carbocycles. The molecule has 2 amide bonds. The van der Waals surface area contributed by atoms with Gasteiger partial charge in [-0.1, -0.05) is 24.0 Å². The third kappa shape index (κ3) is 7.14. The van der Waals surface area contributed by atoms with Gasteiger partial charge < -0.3 is 15.3 Å². The molecular weight excluding hydrogens is 420 g/mol. The zero-order chi connectivity index (χ0) is 23.8. The van der Waals surface area contributed by atoms with Gasteiger partial charge in [-0.3, -0.25) is 19.7 Å². The summed E-state index contributed by atoms with van der Waals surface area (Å²) in [5.74, 6) is 4.78. The highest BCUT2D eigenvalue weighted by Crippen LogP contribution is 2.10. The maximum atomic E-state index is 12.3. The Labute approximate surface area is 194 Å². The van der Waals surface area contributed by atoms with E-state index < -0.39 is 24.0 Å². The maximum absolute atomic E-state index is 12.3. The Morgan fingerprint density at radius 3 is 2.03 bits per heavy atom. The fourth-order valence-corrected chi connectivity index (χ4v) is 3.51. The molecule has 0 bridgehead atoms.